The van der Waals surface area contributed by atoms with E-state index in [9.17, 15) is 0 Å². The fourth-order valence-corrected chi connectivity index (χ4v) is 2.92. The molecule has 0 amide bonds. The summed E-state index contributed by atoms with van der Waals surface area (Å²) in [7, 11) is 0. The maximum atomic E-state index is 4.39. The predicted molar refractivity (Wildman–Crippen MR) is 77.9 cm³/mol. The van der Waals surface area contributed by atoms with E-state index in [1.165, 1.54) is 35.3 Å². The molecule has 2 aromatic rings. The molecule has 0 bridgehead atoms. The highest BCUT2D eigenvalue weighted by atomic mass is 15.1. The van der Waals surface area contributed by atoms with Gasteiger partial charge in [-0.15, -0.1) is 0 Å². The summed E-state index contributed by atoms with van der Waals surface area (Å²) in [6.07, 6.45) is 6.41. The van der Waals surface area contributed by atoms with E-state index in [0.29, 0.717) is 5.92 Å². The maximum Gasteiger partial charge on any atom is 0.0994 e. The predicted octanol–water partition coefficient (Wildman–Crippen LogP) is 2.96. The van der Waals surface area contributed by atoms with Gasteiger partial charge in [0.25, 0.3) is 0 Å². The summed E-state index contributed by atoms with van der Waals surface area (Å²) in [4.78, 5) is 4.39. The van der Waals surface area contributed by atoms with E-state index < -0.39 is 0 Å². The Morgan fingerprint density at radius 3 is 2.79 bits per heavy atom. The van der Waals surface area contributed by atoms with Gasteiger partial charge in [-0.2, -0.15) is 0 Å². The third-order valence-corrected chi connectivity index (χ3v) is 4.26. The summed E-state index contributed by atoms with van der Waals surface area (Å²) in [5, 5.41) is 3.43. The first-order chi connectivity index (χ1) is 9.27. The molecule has 19 heavy (non-hydrogen) atoms. The number of imidazole rings is 1. The average Bonchev–Trinajstić information content (AvgIpc) is 2.92. The van der Waals surface area contributed by atoms with Gasteiger partial charge in [0.1, 0.15) is 0 Å². The highest BCUT2D eigenvalue weighted by Crippen LogP contribution is 2.28. The summed E-state index contributed by atoms with van der Waals surface area (Å²) in [6.45, 7) is 6.59. The second kappa shape index (κ2) is 5.17. The van der Waals surface area contributed by atoms with Crippen LogP contribution in [0.1, 0.15) is 35.6 Å². The monoisotopic (exact) mass is 255 g/mol. The van der Waals surface area contributed by atoms with Crippen molar-refractivity contribution in [1.82, 2.24) is 14.9 Å². The fourth-order valence-electron chi connectivity index (χ4n) is 2.92. The zero-order valence-corrected chi connectivity index (χ0v) is 11.7. The van der Waals surface area contributed by atoms with Crippen LogP contribution in [0.25, 0.3) is 5.69 Å². The highest BCUT2D eigenvalue weighted by Gasteiger charge is 2.20. The Hall–Kier alpha value is -1.61. The Kier molecular flexibility index (Phi) is 3.38. The standard InChI is InChI=1S/C16H21N3/c1-12-4-3-5-15(13(12)2)19-11-18-10-16(19)14-6-8-17-9-7-14/h3-5,10-11,14,17H,6-9H2,1-2H3. The molecule has 1 saturated heterocycles. The lowest BCUT2D eigenvalue weighted by Gasteiger charge is -2.24. The van der Waals surface area contributed by atoms with Gasteiger partial charge < -0.3 is 9.88 Å². The van der Waals surface area contributed by atoms with Gasteiger partial charge in [0.15, 0.2) is 0 Å². The van der Waals surface area contributed by atoms with E-state index in [1.807, 2.05) is 12.5 Å². The number of benzene rings is 1. The molecule has 3 rings (SSSR count). The summed E-state index contributed by atoms with van der Waals surface area (Å²) in [6, 6.07) is 6.48. The van der Waals surface area contributed by atoms with Crippen molar-refractivity contribution in [2.75, 3.05) is 13.1 Å². The van der Waals surface area contributed by atoms with Crippen LogP contribution in [0, 0.1) is 13.8 Å². The normalized spacial score (nSPS) is 16.7. The second-order valence-corrected chi connectivity index (χ2v) is 5.43. The summed E-state index contributed by atoms with van der Waals surface area (Å²) >= 11 is 0. The van der Waals surface area contributed by atoms with E-state index in [4.69, 9.17) is 0 Å². The quantitative estimate of drug-likeness (QED) is 0.894. The molecule has 0 atom stereocenters. The molecular formula is C16H21N3. The molecule has 0 aliphatic carbocycles. The fraction of sp³-hybridized carbons (Fsp3) is 0.438. The molecule has 1 N–H and O–H groups in total. The van der Waals surface area contributed by atoms with E-state index >= 15 is 0 Å². The molecule has 100 valence electrons. The van der Waals surface area contributed by atoms with Crippen LogP contribution in [0.5, 0.6) is 0 Å². The molecule has 1 aliphatic heterocycles. The number of hydrogen-bond acceptors (Lipinski definition) is 2. The molecule has 3 heteroatoms. The van der Waals surface area contributed by atoms with E-state index in [0.717, 1.165) is 13.1 Å². The number of nitrogens with zero attached hydrogens (tertiary/aromatic N) is 2. The van der Waals surface area contributed by atoms with Crippen molar-refractivity contribution < 1.29 is 0 Å². The van der Waals surface area contributed by atoms with E-state index in [2.05, 4.69) is 46.9 Å². The SMILES string of the molecule is Cc1cccc(-n2cncc2C2CCNCC2)c1C. The van der Waals surface area contributed by atoms with E-state index in [-0.39, 0.29) is 0 Å². The molecule has 1 aromatic heterocycles. The average molecular weight is 255 g/mol. The van der Waals surface area contributed by atoms with Crippen molar-refractivity contribution in [2.24, 2.45) is 0 Å². The van der Waals surface area contributed by atoms with Gasteiger partial charge in [0, 0.05) is 23.5 Å². The van der Waals surface area contributed by atoms with Crippen LogP contribution in [0.15, 0.2) is 30.7 Å². The van der Waals surface area contributed by atoms with Gasteiger partial charge >= 0.3 is 0 Å². The van der Waals surface area contributed by atoms with Crippen LogP contribution >= 0.6 is 0 Å². The van der Waals surface area contributed by atoms with Crippen LogP contribution in [0.2, 0.25) is 0 Å². The van der Waals surface area contributed by atoms with Crippen LogP contribution in [0.3, 0.4) is 0 Å². The Bertz CT molecular complexity index is 565. The zero-order valence-electron chi connectivity index (χ0n) is 11.7. The third kappa shape index (κ3) is 2.30. The molecule has 1 aliphatic rings. The van der Waals surface area contributed by atoms with Crippen LogP contribution in [-0.4, -0.2) is 22.6 Å². The number of aromatic nitrogens is 2. The molecule has 2 heterocycles. The van der Waals surface area contributed by atoms with Gasteiger partial charge in [0.05, 0.1) is 6.33 Å². The largest absolute Gasteiger partial charge is 0.317 e. The van der Waals surface area contributed by atoms with Crippen LogP contribution in [-0.2, 0) is 0 Å². The Morgan fingerprint density at radius 1 is 1.21 bits per heavy atom. The van der Waals surface area contributed by atoms with Crippen molar-refractivity contribution >= 4 is 0 Å². The lowest BCUT2D eigenvalue weighted by atomic mass is 9.94. The van der Waals surface area contributed by atoms with Gasteiger partial charge in [-0.25, -0.2) is 4.98 Å². The topological polar surface area (TPSA) is 29.9 Å². The van der Waals surface area contributed by atoms with Crippen molar-refractivity contribution in [1.29, 1.82) is 0 Å². The van der Waals surface area contributed by atoms with Gasteiger partial charge in [-0.05, 0) is 57.0 Å². The number of hydrogen-bond donors (Lipinski definition) is 1. The van der Waals surface area contributed by atoms with Crippen molar-refractivity contribution in [3.8, 4) is 5.69 Å². The first kappa shape index (κ1) is 12.4. The Labute approximate surface area is 114 Å². The number of piperidine rings is 1. The number of rotatable bonds is 2. The van der Waals surface area contributed by atoms with Crippen LogP contribution in [0.4, 0.5) is 0 Å². The minimum absolute atomic E-state index is 0.628. The molecule has 1 aromatic carbocycles. The van der Waals surface area contributed by atoms with Crippen molar-refractivity contribution in [3.05, 3.63) is 47.5 Å². The molecule has 1 fully saturated rings. The summed E-state index contributed by atoms with van der Waals surface area (Å²) in [5.74, 6) is 0.628. The zero-order chi connectivity index (χ0) is 13.2. The second-order valence-electron chi connectivity index (χ2n) is 5.43. The molecule has 0 saturated carbocycles. The van der Waals surface area contributed by atoms with Gasteiger partial charge in [-0.1, -0.05) is 12.1 Å². The van der Waals surface area contributed by atoms with Crippen LogP contribution < -0.4 is 5.32 Å². The smallest absolute Gasteiger partial charge is 0.0994 e. The molecule has 0 spiro atoms. The first-order valence-corrected chi connectivity index (χ1v) is 7.07. The lowest BCUT2D eigenvalue weighted by molar-refractivity contribution is 0.449. The lowest BCUT2D eigenvalue weighted by Crippen LogP contribution is -2.27. The molecule has 3 nitrogen and oxygen atoms in total. The Morgan fingerprint density at radius 2 is 2.00 bits per heavy atom. The van der Waals surface area contributed by atoms with Crippen molar-refractivity contribution in [3.63, 3.8) is 0 Å². The molecular weight excluding hydrogens is 234 g/mol. The molecule has 0 unspecified atom stereocenters. The highest BCUT2D eigenvalue weighted by molar-refractivity contribution is 5.46. The van der Waals surface area contributed by atoms with Gasteiger partial charge in [-0.3, -0.25) is 0 Å². The Balaban J connectivity index is 2.01. The summed E-state index contributed by atoms with van der Waals surface area (Å²) < 4.78 is 2.28. The molecule has 0 radical (unpaired) electrons. The number of nitrogens with one attached hydrogen (secondary N) is 1. The minimum atomic E-state index is 0.628. The third-order valence-electron chi connectivity index (χ3n) is 4.26. The minimum Gasteiger partial charge on any atom is -0.317 e. The van der Waals surface area contributed by atoms with Gasteiger partial charge in [0.2, 0.25) is 0 Å². The van der Waals surface area contributed by atoms with Crippen molar-refractivity contribution in [2.45, 2.75) is 32.6 Å². The van der Waals surface area contributed by atoms with E-state index in [1.54, 1.807) is 0 Å². The number of aryl methyl sites for hydroxylation is 1. The first-order valence-electron chi connectivity index (χ1n) is 7.07. The summed E-state index contributed by atoms with van der Waals surface area (Å²) in [5.41, 5.74) is 5.30. The maximum absolute atomic E-state index is 4.39.